The molecular weight excluding hydrogens is 150 g/mol. The number of esters is 1. The summed E-state index contributed by atoms with van der Waals surface area (Å²) in [6, 6.07) is 1.59. The van der Waals surface area contributed by atoms with Crippen LogP contribution in [0.25, 0.3) is 0 Å². The molecule has 1 rings (SSSR count). The number of nitrogen functional groups attached to an aromatic ring is 1. The van der Waals surface area contributed by atoms with Gasteiger partial charge in [0.2, 0.25) is 0 Å². The van der Waals surface area contributed by atoms with E-state index < -0.39 is 0 Å². The first-order chi connectivity index (χ1) is 4.74. The number of methoxy groups -OCH3 is 1. The van der Waals surface area contributed by atoms with E-state index in [9.17, 15) is 4.79 Å². The van der Waals surface area contributed by atoms with Gasteiger partial charge in [0, 0.05) is 5.38 Å². The molecule has 0 amide bonds. The van der Waals surface area contributed by atoms with Crippen LogP contribution < -0.4 is 5.73 Å². The molecule has 0 unspecified atom stereocenters. The normalized spacial score (nSPS) is 9.30. The van der Waals surface area contributed by atoms with Gasteiger partial charge in [0.25, 0.3) is 0 Å². The van der Waals surface area contributed by atoms with Gasteiger partial charge in [0.05, 0.1) is 17.7 Å². The van der Waals surface area contributed by atoms with Gasteiger partial charge >= 0.3 is 5.97 Å². The third-order valence-corrected chi connectivity index (χ3v) is 1.80. The van der Waals surface area contributed by atoms with Gasteiger partial charge in [-0.1, -0.05) is 0 Å². The molecule has 0 saturated heterocycles. The number of nitrogens with two attached hydrogens (primary N) is 1. The lowest BCUT2D eigenvalue weighted by atomic mass is 10.3. The van der Waals surface area contributed by atoms with E-state index in [1.807, 2.05) is 0 Å². The van der Waals surface area contributed by atoms with Crippen LogP contribution in [0, 0.1) is 0 Å². The maximum Gasteiger partial charge on any atom is 0.338 e. The SMILES string of the molecule is COC(=O)c1csc(N)c1. The standard InChI is InChI=1S/C6H7NO2S/c1-9-6(8)4-2-5(7)10-3-4/h2-3H,7H2,1H3. The van der Waals surface area contributed by atoms with Crippen molar-refractivity contribution < 1.29 is 9.53 Å². The summed E-state index contributed by atoms with van der Waals surface area (Å²) in [4.78, 5) is 10.8. The van der Waals surface area contributed by atoms with Crippen LogP contribution in [-0.4, -0.2) is 13.1 Å². The average Bonchev–Trinajstić information content (AvgIpc) is 2.34. The zero-order chi connectivity index (χ0) is 7.56. The van der Waals surface area contributed by atoms with Crippen molar-refractivity contribution in [2.75, 3.05) is 12.8 Å². The zero-order valence-electron chi connectivity index (χ0n) is 5.46. The summed E-state index contributed by atoms with van der Waals surface area (Å²) in [5.74, 6) is -0.340. The summed E-state index contributed by atoms with van der Waals surface area (Å²) >= 11 is 1.33. The first-order valence-corrected chi connectivity index (χ1v) is 3.54. The molecule has 0 aliphatic heterocycles. The van der Waals surface area contributed by atoms with Crippen LogP contribution in [0.1, 0.15) is 10.4 Å². The van der Waals surface area contributed by atoms with Crippen LogP contribution in [0.15, 0.2) is 11.4 Å². The van der Waals surface area contributed by atoms with Crippen LogP contribution in [0.4, 0.5) is 5.00 Å². The topological polar surface area (TPSA) is 52.3 Å². The van der Waals surface area contributed by atoms with Gasteiger partial charge in [-0.05, 0) is 6.07 Å². The van der Waals surface area contributed by atoms with Crippen molar-refractivity contribution in [3.05, 3.63) is 17.0 Å². The molecule has 0 radical (unpaired) electrons. The molecule has 1 heterocycles. The first-order valence-electron chi connectivity index (χ1n) is 2.66. The fraction of sp³-hybridized carbons (Fsp3) is 0.167. The molecule has 0 saturated carbocycles. The second-order valence-electron chi connectivity index (χ2n) is 1.73. The van der Waals surface area contributed by atoms with Crippen molar-refractivity contribution in [2.45, 2.75) is 0 Å². The molecule has 0 spiro atoms. The average molecular weight is 157 g/mol. The summed E-state index contributed by atoms with van der Waals surface area (Å²) in [5, 5.41) is 2.29. The van der Waals surface area contributed by atoms with E-state index in [1.54, 1.807) is 11.4 Å². The highest BCUT2D eigenvalue weighted by Crippen LogP contribution is 2.16. The van der Waals surface area contributed by atoms with Crippen LogP contribution >= 0.6 is 11.3 Å². The number of hydrogen-bond donors (Lipinski definition) is 1. The maximum atomic E-state index is 10.8. The molecule has 0 aliphatic rings. The Bertz CT molecular complexity index is 244. The molecule has 0 aliphatic carbocycles. The predicted molar refractivity (Wildman–Crippen MR) is 40.1 cm³/mol. The summed E-state index contributed by atoms with van der Waals surface area (Å²) in [6.07, 6.45) is 0. The monoisotopic (exact) mass is 157 g/mol. The van der Waals surface area contributed by atoms with E-state index >= 15 is 0 Å². The van der Waals surface area contributed by atoms with Gasteiger partial charge in [0.15, 0.2) is 0 Å². The number of hydrogen-bond acceptors (Lipinski definition) is 4. The predicted octanol–water partition coefficient (Wildman–Crippen LogP) is 1.12. The number of rotatable bonds is 1. The van der Waals surface area contributed by atoms with Crippen LogP contribution in [0.2, 0.25) is 0 Å². The van der Waals surface area contributed by atoms with Crippen LogP contribution in [0.5, 0.6) is 0 Å². The Kier molecular flexibility index (Phi) is 1.91. The lowest BCUT2D eigenvalue weighted by molar-refractivity contribution is 0.0601. The summed E-state index contributed by atoms with van der Waals surface area (Å²) < 4.78 is 4.46. The molecule has 0 atom stereocenters. The Labute approximate surface area is 62.4 Å². The molecule has 1 aromatic rings. The first kappa shape index (κ1) is 7.08. The highest BCUT2D eigenvalue weighted by molar-refractivity contribution is 7.14. The van der Waals surface area contributed by atoms with Crippen LogP contribution in [0.3, 0.4) is 0 Å². The molecule has 0 bridgehead atoms. The number of anilines is 1. The number of ether oxygens (including phenoxy) is 1. The number of thiophene rings is 1. The molecule has 3 nitrogen and oxygen atoms in total. The second kappa shape index (κ2) is 2.70. The summed E-state index contributed by atoms with van der Waals surface area (Å²) in [5.41, 5.74) is 5.90. The molecule has 0 fully saturated rings. The van der Waals surface area contributed by atoms with E-state index in [2.05, 4.69) is 4.74 Å². The van der Waals surface area contributed by atoms with E-state index in [1.165, 1.54) is 18.4 Å². The Morgan fingerprint density at radius 1 is 1.80 bits per heavy atom. The molecule has 0 aromatic carbocycles. The fourth-order valence-electron chi connectivity index (χ4n) is 0.578. The minimum Gasteiger partial charge on any atom is -0.465 e. The smallest absolute Gasteiger partial charge is 0.338 e. The van der Waals surface area contributed by atoms with Crippen molar-refractivity contribution in [2.24, 2.45) is 0 Å². The van der Waals surface area contributed by atoms with Gasteiger partial charge < -0.3 is 10.5 Å². The largest absolute Gasteiger partial charge is 0.465 e. The van der Waals surface area contributed by atoms with Gasteiger partial charge in [-0.2, -0.15) is 0 Å². The zero-order valence-corrected chi connectivity index (χ0v) is 6.27. The quantitative estimate of drug-likeness (QED) is 0.621. The summed E-state index contributed by atoms with van der Waals surface area (Å²) in [7, 11) is 1.34. The summed E-state index contributed by atoms with van der Waals surface area (Å²) in [6.45, 7) is 0. The third-order valence-electron chi connectivity index (χ3n) is 1.04. The minimum absolute atomic E-state index is 0.340. The van der Waals surface area contributed by atoms with E-state index in [4.69, 9.17) is 5.73 Å². The van der Waals surface area contributed by atoms with Gasteiger partial charge in [-0.15, -0.1) is 11.3 Å². The highest BCUT2D eigenvalue weighted by atomic mass is 32.1. The Morgan fingerprint density at radius 3 is 2.90 bits per heavy atom. The molecular formula is C6H7NO2S. The second-order valence-corrected chi connectivity index (χ2v) is 2.67. The Hall–Kier alpha value is -1.03. The number of carbonyl (C=O) groups is 1. The lowest BCUT2D eigenvalue weighted by Crippen LogP contribution is -1.98. The van der Waals surface area contributed by atoms with Crippen LogP contribution in [-0.2, 0) is 4.74 Å². The molecule has 1 aromatic heterocycles. The van der Waals surface area contributed by atoms with Crippen molar-refractivity contribution >= 4 is 22.3 Å². The number of carbonyl (C=O) groups excluding carboxylic acids is 1. The Balaban J connectivity index is 2.85. The molecule has 4 heteroatoms. The van der Waals surface area contributed by atoms with Gasteiger partial charge in [0.1, 0.15) is 0 Å². The van der Waals surface area contributed by atoms with E-state index in [0.717, 1.165) is 0 Å². The van der Waals surface area contributed by atoms with Crippen molar-refractivity contribution in [1.82, 2.24) is 0 Å². The highest BCUT2D eigenvalue weighted by Gasteiger charge is 2.05. The fourth-order valence-corrected chi connectivity index (χ4v) is 1.20. The van der Waals surface area contributed by atoms with Crippen molar-refractivity contribution in [1.29, 1.82) is 0 Å². The molecule has 2 N–H and O–H groups in total. The van der Waals surface area contributed by atoms with Crippen molar-refractivity contribution in [3.63, 3.8) is 0 Å². The maximum absolute atomic E-state index is 10.8. The minimum atomic E-state index is -0.340. The lowest BCUT2D eigenvalue weighted by Gasteiger charge is -1.90. The molecule has 10 heavy (non-hydrogen) atoms. The van der Waals surface area contributed by atoms with E-state index in [0.29, 0.717) is 10.6 Å². The Morgan fingerprint density at radius 2 is 2.50 bits per heavy atom. The van der Waals surface area contributed by atoms with Crippen molar-refractivity contribution in [3.8, 4) is 0 Å². The van der Waals surface area contributed by atoms with E-state index in [-0.39, 0.29) is 5.97 Å². The van der Waals surface area contributed by atoms with Gasteiger partial charge in [-0.25, -0.2) is 4.79 Å². The third kappa shape index (κ3) is 1.27. The molecule has 54 valence electrons. The van der Waals surface area contributed by atoms with Gasteiger partial charge in [-0.3, -0.25) is 0 Å².